The second-order valence-corrected chi connectivity index (χ2v) is 7.36. The van der Waals surface area contributed by atoms with E-state index in [4.69, 9.17) is 28.6 Å². The van der Waals surface area contributed by atoms with Gasteiger partial charge in [-0.1, -0.05) is 56.7 Å². The number of hydrogen-bond donors (Lipinski definition) is 2. The van der Waals surface area contributed by atoms with Gasteiger partial charge < -0.3 is 15.4 Å². The van der Waals surface area contributed by atoms with Crippen LogP contribution in [0.25, 0.3) is 6.08 Å². The maximum Gasteiger partial charge on any atom is 0.337 e. The fraction of sp³-hybridized carbons (Fsp3) is 0.333. The number of carbonyl (C=O) groups is 1. The number of halogens is 1. The normalized spacial score (nSPS) is 18.4. The summed E-state index contributed by atoms with van der Waals surface area (Å²) in [6.07, 6.45) is 3.82. The first-order valence-electron chi connectivity index (χ1n) is 7.56. The van der Waals surface area contributed by atoms with E-state index in [-0.39, 0.29) is 17.4 Å². The summed E-state index contributed by atoms with van der Waals surface area (Å²) in [6, 6.07) is 7.09. The van der Waals surface area contributed by atoms with E-state index in [0.29, 0.717) is 15.7 Å². The number of thiocarbonyl (C=S) groups is 1. The Balaban J connectivity index is 2.43. The van der Waals surface area contributed by atoms with E-state index in [0.717, 1.165) is 11.3 Å². The minimum absolute atomic E-state index is 0.276. The first-order chi connectivity index (χ1) is 11.2. The highest BCUT2D eigenvalue weighted by Crippen LogP contribution is 2.30. The zero-order valence-corrected chi connectivity index (χ0v) is 15.7. The SMILES string of the molecule is COC(=O)C1=C(C(C)(C)C)NC(=S)N[C@H]1/C=C/c1ccc(Cl)cc1. The minimum atomic E-state index is -0.381. The van der Waals surface area contributed by atoms with Crippen LogP contribution in [0.1, 0.15) is 26.3 Å². The summed E-state index contributed by atoms with van der Waals surface area (Å²) >= 11 is 11.2. The Morgan fingerprint density at radius 1 is 1.29 bits per heavy atom. The van der Waals surface area contributed by atoms with E-state index in [1.54, 1.807) is 0 Å². The molecule has 0 radical (unpaired) electrons. The van der Waals surface area contributed by atoms with Gasteiger partial charge in [0.25, 0.3) is 0 Å². The van der Waals surface area contributed by atoms with E-state index in [1.807, 2.05) is 57.2 Å². The number of rotatable bonds is 3. The monoisotopic (exact) mass is 364 g/mol. The number of ether oxygens (including phenoxy) is 1. The first kappa shape index (κ1) is 18.5. The average Bonchev–Trinajstić information content (AvgIpc) is 2.52. The molecule has 1 aliphatic heterocycles. The summed E-state index contributed by atoms with van der Waals surface area (Å²) in [6.45, 7) is 6.06. The zero-order valence-electron chi connectivity index (χ0n) is 14.1. The lowest BCUT2D eigenvalue weighted by atomic mass is 9.85. The molecule has 128 valence electrons. The highest BCUT2D eigenvalue weighted by atomic mass is 35.5. The van der Waals surface area contributed by atoms with Crippen LogP contribution in [0.2, 0.25) is 5.02 Å². The van der Waals surface area contributed by atoms with E-state index in [9.17, 15) is 4.79 Å². The molecule has 0 amide bonds. The van der Waals surface area contributed by atoms with Gasteiger partial charge in [0, 0.05) is 16.1 Å². The summed E-state index contributed by atoms with van der Waals surface area (Å²) in [5, 5.41) is 7.38. The van der Waals surface area contributed by atoms with Crippen LogP contribution in [-0.2, 0) is 9.53 Å². The quantitative estimate of drug-likeness (QED) is 0.633. The van der Waals surface area contributed by atoms with Crippen molar-refractivity contribution in [2.75, 3.05) is 7.11 Å². The van der Waals surface area contributed by atoms with Crippen LogP contribution in [0.5, 0.6) is 0 Å². The second kappa shape index (κ2) is 7.36. The van der Waals surface area contributed by atoms with Crippen LogP contribution < -0.4 is 10.6 Å². The Morgan fingerprint density at radius 2 is 1.92 bits per heavy atom. The number of hydrogen-bond acceptors (Lipinski definition) is 3. The van der Waals surface area contributed by atoms with Gasteiger partial charge in [-0.2, -0.15) is 0 Å². The molecule has 24 heavy (non-hydrogen) atoms. The number of carbonyl (C=O) groups excluding carboxylic acids is 1. The van der Waals surface area contributed by atoms with Crippen molar-refractivity contribution in [3.8, 4) is 0 Å². The van der Waals surface area contributed by atoms with Crippen LogP contribution in [0.3, 0.4) is 0 Å². The van der Waals surface area contributed by atoms with Crippen LogP contribution >= 0.6 is 23.8 Å². The van der Waals surface area contributed by atoms with E-state index in [1.165, 1.54) is 7.11 Å². The van der Waals surface area contributed by atoms with E-state index < -0.39 is 0 Å². The molecule has 2 rings (SSSR count). The second-order valence-electron chi connectivity index (χ2n) is 6.52. The molecule has 0 bridgehead atoms. The van der Waals surface area contributed by atoms with E-state index in [2.05, 4.69) is 10.6 Å². The largest absolute Gasteiger partial charge is 0.466 e. The Morgan fingerprint density at radius 3 is 2.46 bits per heavy atom. The molecule has 0 aliphatic carbocycles. The Labute approximate surface area is 152 Å². The molecule has 0 aromatic heterocycles. The molecule has 1 atom stereocenters. The molecule has 0 unspecified atom stereocenters. The van der Waals surface area contributed by atoms with Crippen LogP contribution in [0.15, 0.2) is 41.6 Å². The molecule has 0 saturated carbocycles. The lowest BCUT2D eigenvalue weighted by Gasteiger charge is -2.35. The maximum absolute atomic E-state index is 12.3. The van der Waals surface area contributed by atoms with Gasteiger partial charge in [0.1, 0.15) is 0 Å². The zero-order chi connectivity index (χ0) is 17.9. The van der Waals surface area contributed by atoms with Crippen molar-refractivity contribution < 1.29 is 9.53 Å². The molecule has 0 saturated heterocycles. The van der Waals surface area contributed by atoms with Crippen molar-refractivity contribution in [2.24, 2.45) is 5.41 Å². The molecule has 4 nitrogen and oxygen atoms in total. The van der Waals surface area contributed by atoms with Crippen LogP contribution in [-0.4, -0.2) is 24.2 Å². The minimum Gasteiger partial charge on any atom is -0.466 e. The van der Waals surface area contributed by atoms with Gasteiger partial charge in [-0.25, -0.2) is 4.79 Å². The number of methoxy groups -OCH3 is 1. The predicted octanol–water partition coefficient (Wildman–Crippen LogP) is 3.67. The Hall–Kier alpha value is -1.85. The standard InChI is InChI=1S/C18H21ClN2O2S/c1-18(2,3)15-14(16(22)23-4)13(20-17(24)21-15)10-7-11-5-8-12(19)9-6-11/h5-10,13H,1-4H3,(H2,20,21,24)/b10-7+/t13-/m0/s1. The number of allylic oxidation sites excluding steroid dienone is 1. The molecule has 1 aromatic rings. The summed E-state index contributed by atoms with van der Waals surface area (Å²) in [5.41, 5.74) is 2.00. The fourth-order valence-electron chi connectivity index (χ4n) is 2.44. The molecule has 1 aliphatic rings. The predicted molar refractivity (Wildman–Crippen MR) is 102 cm³/mol. The van der Waals surface area contributed by atoms with E-state index >= 15 is 0 Å². The molecule has 1 heterocycles. The molecular formula is C18H21ClN2O2S. The Bertz CT molecular complexity index is 703. The third-order valence-corrected chi connectivity index (χ3v) is 4.08. The number of nitrogens with one attached hydrogen (secondary N) is 2. The average molecular weight is 365 g/mol. The van der Waals surface area contributed by atoms with Crippen LogP contribution in [0.4, 0.5) is 0 Å². The van der Waals surface area contributed by atoms with Crippen molar-refractivity contribution >= 4 is 41.0 Å². The lowest BCUT2D eigenvalue weighted by Crippen LogP contribution is -2.51. The molecule has 0 fully saturated rings. The smallest absolute Gasteiger partial charge is 0.337 e. The van der Waals surface area contributed by atoms with Gasteiger partial charge in [-0.15, -0.1) is 0 Å². The summed E-state index contributed by atoms with van der Waals surface area (Å²) < 4.78 is 4.98. The van der Waals surface area contributed by atoms with Crippen molar-refractivity contribution in [3.05, 3.63) is 52.2 Å². The number of benzene rings is 1. The molecule has 6 heteroatoms. The van der Waals surface area contributed by atoms with Gasteiger partial charge in [-0.3, -0.25) is 0 Å². The summed E-state index contributed by atoms with van der Waals surface area (Å²) in [7, 11) is 1.38. The molecular weight excluding hydrogens is 344 g/mol. The van der Waals surface area contributed by atoms with Crippen molar-refractivity contribution in [3.63, 3.8) is 0 Å². The topological polar surface area (TPSA) is 50.4 Å². The van der Waals surface area contributed by atoms with Gasteiger partial charge in [-0.05, 0) is 29.9 Å². The Kier molecular flexibility index (Phi) is 5.67. The van der Waals surface area contributed by atoms with Gasteiger partial charge >= 0.3 is 5.97 Å². The summed E-state index contributed by atoms with van der Waals surface area (Å²) in [4.78, 5) is 12.3. The maximum atomic E-state index is 12.3. The van der Waals surface area contributed by atoms with Gasteiger partial charge in [0.2, 0.25) is 0 Å². The lowest BCUT2D eigenvalue weighted by molar-refractivity contribution is -0.136. The third-order valence-electron chi connectivity index (χ3n) is 3.61. The van der Waals surface area contributed by atoms with Crippen molar-refractivity contribution in [2.45, 2.75) is 26.8 Å². The molecule has 2 N–H and O–H groups in total. The fourth-order valence-corrected chi connectivity index (χ4v) is 2.80. The van der Waals surface area contributed by atoms with Gasteiger partial charge in [0.15, 0.2) is 5.11 Å². The number of esters is 1. The highest BCUT2D eigenvalue weighted by Gasteiger charge is 2.34. The third kappa shape index (κ3) is 4.36. The highest BCUT2D eigenvalue weighted by molar-refractivity contribution is 7.80. The molecule has 1 aromatic carbocycles. The van der Waals surface area contributed by atoms with Gasteiger partial charge in [0.05, 0.1) is 18.7 Å². The van der Waals surface area contributed by atoms with Crippen LogP contribution in [0, 0.1) is 5.41 Å². The van der Waals surface area contributed by atoms with Crippen molar-refractivity contribution in [1.82, 2.24) is 10.6 Å². The summed E-state index contributed by atoms with van der Waals surface area (Å²) in [5.74, 6) is -0.381. The van der Waals surface area contributed by atoms with Crippen molar-refractivity contribution in [1.29, 1.82) is 0 Å². The first-order valence-corrected chi connectivity index (χ1v) is 8.35. The molecule has 0 spiro atoms.